The number of ether oxygens (including phenoxy) is 1. The molecule has 1 N–H and O–H groups in total. The summed E-state index contributed by atoms with van der Waals surface area (Å²) in [5.41, 5.74) is -0.180. The number of carbonyl (C=O) groups is 1. The van der Waals surface area contributed by atoms with Crippen molar-refractivity contribution in [3.8, 4) is 0 Å². The van der Waals surface area contributed by atoms with Crippen LogP contribution in [0.4, 0.5) is 0 Å². The first-order valence-corrected chi connectivity index (χ1v) is 3.75. The Morgan fingerprint density at radius 2 is 2.67 bits per heavy atom. The molecule has 2 unspecified atom stereocenters. The molecule has 52 valence electrons. The third-order valence-corrected chi connectivity index (χ3v) is 2.23. The molecule has 0 amide bonds. The van der Waals surface area contributed by atoms with Crippen LogP contribution >= 0.6 is 11.8 Å². The first-order valence-electron chi connectivity index (χ1n) is 2.70. The highest BCUT2D eigenvalue weighted by molar-refractivity contribution is 8.00. The Bertz CT molecular complexity index is 106. The quantitative estimate of drug-likeness (QED) is 0.543. The van der Waals surface area contributed by atoms with Crippen LogP contribution in [0.15, 0.2) is 0 Å². The van der Waals surface area contributed by atoms with Gasteiger partial charge in [-0.3, -0.25) is 0 Å². The van der Waals surface area contributed by atoms with Gasteiger partial charge >= 0.3 is 0 Å². The average Bonchev–Trinajstić information content (AvgIpc) is 2.34. The average molecular weight is 148 g/mol. The third-order valence-electron chi connectivity index (χ3n) is 1.07. The van der Waals surface area contributed by atoms with Crippen molar-refractivity contribution in [3.05, 3.63) is 0 Å². The van der Waals surface area contributed by atoms with Gasteiger partial charge in [-0.25, -0.2) is 0 Å². The maximum Gasteiger partial charge on any atom is 0.149 e. The Kier molecular flexibility index (Phi) is 2.50. The second-order valence-corrected chi connectivity index (χ2v) is 2.95. The lowest BCUT2D eigenvalue weighted by molar-refractivity contribution is -0.117. The highest BCUT2D eigenvalue weighted by Gasteiger charge is 2.23. The van der Waals surface area contributed by atoms with E-state index in [9.17, 15) is 4.79 Å². The Morgan fingerprint density at radius 1 is 1.89 bits per heavy atom. The summed E-state index contributed by atoms with van der Waals surface area (Å²) >= 11 is 1.47. The molecular weight excluding hydrogens is 140 g/mol. The molecule has 0 aliphatic carbocycles. The predicted molar refractivity (Wildman–Crippen MR) is 34.3 cm³/mol. The summed E-state index contributed by atoms with van der Waals surface area (Å²) < 4.78 is 5.00. The fourth-order valence-electron chi connectivity index (χ4n) is 0.643. The lowest BCUT2D eigenvalue weighted by atomic mass is 10.5. The molecule has 1 heterocycles. The van der Waals surface area contributed by atoms with E-state index in [1.54, 1.807) is 0 Å². The van der Waals surface area contributed by atoms with Crippen LogP contribution in [-0.4, -0.2) is 35.3 Å². The van der Waals surface area contributed by atoms with Gasteiger partial charge in [0.2, 0.25) is 0 Å². The summed E-state index contributed by atoms with van der Waals surface area (Å²) in [5.74, 6) is 0.675. The van der Waals surface area contributed by atoms with Gasteiger partial charge < -0.3 is 14.6 Å². The van der Waals surface area contributed by atoms with Crippen LogP contribution < -0.4 is 0 Å². The van der Waals surface area contributed by atoms with Crippen molar-refractivity contribution in [2.24, 2.45) is 0 Å². The second kappa shape index (κ2) is 3.20. The Morgan fingerprint density at radius 3 is 3.00 bits per heavy atom. The van der Waals surface area contributed by atoms with Crippen molar-refractivity contribution in [3.63, 3.8) is 0 Å². The maximum absolute atomic E-state index is 10.0. The third kappa shape index (κ3) is 1.67. The molecule has 9 heavy (non-hydrogen) atoms. The SMILES string of the molecule is O=CC1CSC(CO)O1. The van der Waals surface area contributed by atoms with Gasteiger partial charge in [0.05, 0.1) is 6.61 Å². The molecule has 0 saturated carbocycles. The van der Waals surface area contributed by atoms with Crippen molar-refractivity contribution < 1.29 is 14.6 Å². The Labute approximate surface area is 57.4 Å². The number of carbonyl (C=O) groups excluding carboxylic acids is 1. The number of aliphatic hydroxyl groups is 1. The molecule has 3 nitrogen and oxygen atoms in total. The first kappa shape index (κ1) is 7.05. The van der Waals surface area contributed by atoms with E-state index in [-0.39, 0.29) is 18.1 Å². The molecule has 0 aromatic rings. The largest absolute Gasteiger partial charge is 0.393 e. The number of aldehydes is 1. The van der Waals surface area contributed by atoms with Gasteiger partial charge in [0.1, 0.15) is 17.8 Å². The van der Waals surface area contributed by atoms with Crippen molar-refractivity contribution in [2.45, 2.75) is 11.5 Å². The monoisotopic (exact) mass is 148 g/mol. The molecule has 0 radical (unpaired) electrons. The minimum atomic E-state index is -0.299. The predicted octanol–water partition coefficient (Wildman–Crippen LogP) is -0.364. The number of aliphatic hydroxyl groups excluding tert-OH is 1. The molecule has 0 aromatic heterocycles. The molecule has 1 saturated heterocycles. The van der Waals surface area contributed by atoms with Gasteiger partial charge in [0.15, 0.2) is 0 Å². The highest BCUT2D eigenvalue weighted by atomic mass is 32.2. The van der Waals surface area contributed by atoms with Gasteiger partial charge in [-0.05, 0) is 0 Å². The molecule has 1 fully saturated rings. The molecule has 1 aliphatic heterocycles. The first-order chi connectivity index (χ1) is 4.36. The standard InChI is InChI=1S/C5H8O3S/c6-1-4-3-9-5(2-7)8-4/h1,4-5,7H,2-3H2. The van der Waals surface area contributed by atoms with E-state index in [0.29, 0.717) is 5.75 Å². The van der Waals surface area contributed by atoms with Crippen molar-refractivity contribution in [2.75, 3.05) is 12.4 Å². The molecular formula is C5H8O3S. The van der Waals surface area contributed by atoms with Crippen molar-refractivity contribution >= 4 is 18.0 Å². The minimum absolute atomic E-state index is 0.00495. The molecule has 4 heteroatoms. The van der Waals surface area contributed by atoms with E-state index in [0.717, 1.165) is 6.29 Å². The smallest absolute Gasteiger partial charge is 0.149 e. The topological polar surface area (TPSA) is 46.5 Å². The lowest BCUT2D eigenvalue weighted by Gasteiger charge is -2.02. The van der Waals surface area contributed by atoms with Crippen LogP contribution in [0.5, 0.6) is 0 Å². The molecule has 2 atom stereocenters. The molecule has 1 rings (SSSR count). The lowest BCUT2D eigenvalue weighted by Crippen LogP contribution is -2.15. The van der Waals surface area contributed by atoms with Gasteiger partial charge in [-0.15, -0.1) is 11.8 Å². The number of hydrogen-bond donors (Lipinski definition) is 1. The number of hydrogen-bond acceptors (Lipinski definition) is 4. The van der Waals surface area contributed by atoms with E-state index >= 15 is 0 Å². The normalized spacial score (nSPS) is 34.8. The zero-order valence-corrected chi connectivity index (χ0v) is 5.63. The zero-order chi connectivity index (χ0) is 6.69. The van der Waals surface area contributed by atoms with Gasteiger partial charge in [0, 0.05) is 5.75 Å². The van der Waals surface area contributed by atoms with Crippen molar-refractivity contribution in [1.29, 1.82) is 0 Å². The molecule has 0 spiro atoms. The summed E-state index contributed by atoms with van der Waals surface area (Å²) in [6.45, 7) is -0.00495. The van der Waals surface area contributed by atoms with E-state index in [1.807, 2.05) is 0 Å². The summed E-state index contributed by atoms with van der Waals surface area (Å²) in [7, 11) is 0. The Hall–Kier alpha value is -0.0600. The van der Waals surface area contributed by atoms with Gasteiger partial charge in [-0.1, -0.05) is 0 Å². The highest BCUT2D eigenvalue weighted by Crippen LogP contribution is 2.22. The van der Waals surface area contributed by atoms with E-state index in [2.05, 4.69) is 0 Å². The molecule has 1 aliphatic rings. The summed E-state index contributed by atoms with van der Waals surface area (Å²) in [5, 5.41) is 8.52. The molecule has 0 bridgehead atoms. The zero-order valence-electron chi connectivity index (χ0n) is 4.82. The van der Waals surface area contributed by atoms with Crippen LogP contribution in [0.3, 0.4) is 0 Å². The summed E-state index contributed by atoms with van der Waals surface area (Å²) in [6.07, 6.45) is 0.468. The Balaban J connectivity index is 2.28. The van der Waals surface area contributed by atoms with Crippen LogP contribution in [0.25, 0.3) is 0 Å². The van der Waals surface area contributed by atoms with Crippen LogP contribution in [0.2, 0.25) is 0 Å². The minimum Gasteiger partial charge on any atom is -0.393 e. The summed E-state index contributed by atoms with van der Waals surface area (Å²) in [4.78, 5) is 10.0. The fourth-order valence-corrected chi connectivity index (χ4v) is 1.53. The number of rotatable bonds is 2. The summed E-state index contributed by atoms with van der Waals surface area (Å²) in [6, 6.07) is 0. The van der Waals surface area contributed by atoms with Gasteiger partial charge in [-0.2, -0.15) is 0 Å². The van der Waals surface area contributed by atoms with Crippen LogP contribution in [0, 0.1) is 0 Å². The van der Waals surface area contributed by atoms with E-state index in [1.165, 1.54) is 11.8 Å². The molecule has 0 aromatic carbocycles. The van der Waals surface area contributed by atoms with Crippen LogP contribution in [-0.2, 0) is 9.53 Å². The van der Waals surface area contributed by atoms with E-state index < -0.39 is 0 Å². The van der Waals surface area contributed by atoms with Crippen molar-refractivity contribution in [1.82, 2.24) is 0 Å². The number of thioether (sulfide) groups is 1. The second-order valence-electron chi connectivity index (χ2n) is 1.76. The fraction of sp³-hybridized carbons (Fsp3) is 0.800. The van der Waals surface area contributed by atoms with Gasteiger partial charge in [0.25, 0.3) is 0 Å². The van der Waals surface area contributed by atoms with E-state index in [4.69, 9.17) is 9.84 Å². The maximum atomic E-state index is 10.0. The van der Waals surface area contributed by atoms with Crippen LogP contribution in [0.1, 0.15) is 0 Å².